The van der Waals surface area contributed by atoms with Gasteiger partial charge < -0.3 is 4.74 Å². The number of carbonyl (C=O) groups excluding carboxylic acids is 1. The number of hydrogen-bond acceptors (Lipinski definition) is 3. The summed E-state index contributed by atoms with van der Waals surface area (Å²) in [5, 5.41) is 0. The van der Waals surface area contributed by atoms with Gasteiger partial charge in [0.25, 0.3) is 0 Å². The smallest absolute Gasteiger partial charge is 0.307 e. The fourth-order valence-electron chi connectivity index (χ4n) is 0.794. The Morgan fingerprint density at radius 2 is 2.00 bits per heavy atom. The van der Waals surface area contributed by atoms with Crippen molar-refractivity contribution in [1.82, 2.24) is 0 Å². The molecule has 68 valence electrons. The molecular formula is C10H10O2S. The topological polar surface area (TPSA) is 26.3 Å². The van der Waals surface area contributed by atoms with E-state index in [1.165, 1.54) is 13.2 Å². The summed E-state index contributed by atoms with van der Waals surface area (Å²) in [6.07, 6.45) is 3.09. The van der Waals surface area contributed by atoms with E-state index in [1.54, 1.807) is 6.08 Å². The van der Waals surface area contributed by atoms with E-state index in [2.05, 4.69) is 17.4 Å². The third kappa shape index (κ3) is 3.80. The Kier molecular flexibility index (Phi) is 3.58. The molecule has 0 aliphatic heterocycles. The largest absolute Gasteiger partial charge is 0.435 e. The van der Waals surface area contributed by atoms with Crippen molar-refractivity contribution in [3.05, 3.63) is 36.1 Å². The molecule has 0 radical (unpaired) electrons. The second-order valence-electron chi connectivity index (χ2n) is 2.50. The monoisotopic (exact) mass is 194 g/mol. The van der Waals surface area contributed by atoms with Gasteiger partial charge in [-0.05, 0) is 23.8 Å². The van der Waals surface area contributed by atoms with Gasteiger partial charge in [0.15, 0.2) is 0 Å². The lowest BCUT2D eigenvalue weighted by molar-refractivity contribution is -0.135. The fraction of sp³-hybridized carbons (Fsp3) is 0.100. The summed E-state index contributed by atoms with van der Waals surface area (Å²) < 4.78 is 4.64. The first-order chi connectivity index (χ1) is 6.18. The minimum atomic E-state index is -0.318. The van der Waals surface area contributed by atoms with Crippen LogP contribution in [0.2, 0.25) is 0 Å². The molecule has 0 saturated heterocycles. The lowest BCUT2D eigenvalue weighted by Gasteiger charge is -1.94. The average molecular weight is 194 g/mol. The Morgan fingerprint density at radius 1 is 1.38 bits per heavy atom. The van der Waals surface area contributed by atoms with Crippen LogP contribution >= 0.6 is 12.6 Å². The first-order valence-electron chi connectivity index (χ1n) is 3.81. The van der Waals surface area contributed by atoms with Crippen LogP contribution in [0.15, 0.2) is 35.4 Å². The molecule has 3 heteroatoms. The number of rotatable bonds is 2. The molecule has 0 unspecified atom stereocenters. The number of carbonyl (C=O) groups is 1. The maximum atomic E-state index is 10.4. The summed E-state index contributed by atoms with van der Waals surface area (Å²) in [6.45, 7) is 1.36. The molecule has 0 saturated carbocycles. The van der Waals surface area contributed by atoms with Crippen LogP contribution in [0.3, 0.4) is 0 Å². The first-order valence-corrected chi connectivity index (χ1v) is 4.26. The van der Waals surface area contributed by atoms with Gasteiger partial charge in [0.05, 0.1) is 6.26 Å². The van der Waals surface area contributed by atoms with Crippen molar-refractivity contribution < 1.29 is 9.53 Å². The highest BCUT2D eigenvalue weighted by Crippen LogP contribution is 2.08. The van der Waals surface area contributed by atoms with Crippen LogP contribution in [0.25, 0.3) is 6.08 Å². The minimum absolute atomic E-state index is 0.318. The van der Waals surface area contributed by atoms with Gasteiger partial charge in [0.1, 0.15) is 0 Å². The predicted octanol–water partition coefficient (Wildman–Crippen LogP) is 2.51. The van der Waals surface area contributed by atoms with E-state index in [-0.39, 0.29) is 5.97 Å². The third-order valence-corrected chi connectivity index (χ3v) is 1.69. The van der Waals surface area contributed by atoms with Gasteiger partial charge in [-0.3, -0.25) is 4.79 Å². The van der Waals surface area contributed by atoms with Crippen molar-refractivity contribution in [3.8, 4) is 0 Å². The zero-order valence-electron chi connectivity index (χ0n) is 7.23. The van der Waals surface area contributed by atoms with Crippen molar-refractivity contribution in [3.63, 3.8) is 0 Å². The highest BCUT2D eigenvalue weighted by atomic mass is 32.1. The summed E-state index contributed by atoms with van der Waals surface area (Å²) in [6, 6.07) is 7.53. The molecule has 0 fully saturated rings. The molecule has 0 aliphatic rings. The van der Waals surface area contributed by atoms with E-state index in [4.69, 9.17) is 0 Å². The number of esters is 1. The van der Waals surface area contributed by atoms with Gasteiger partial charge in [-0.1, -0.05) is 12.1 Å². The summed E-state index contributed by atoms with van der Waals surface area (Å²) in [5.41, 5.74) is 0.971. The van der Waals surface area contributed by atoms with Crippen LogP contribution in [0, 0.1) is 0 Å². The van der Waals surface area contributed by atoms with Gasteiger partial charge in [-0.15, -0.1) is 12.6 Å². The molecular weight excluding hydrogens is 184 g/mol. The van der Waals surface area contributed by atoms with Crippen LogP contribution < -0.4 is 0 Å². The van der Waals surface area contributed by atoms with Gasteiger partial charge in [0.2, 0.25) is 0 Å². The van der Waals surface area contributed by atoms with Gasteiger partial charge in [-0.2, -0.15) is 0 Å². The Balaban J connectivity index is 2.59. The van der Waals surface area contributed by atoms with Gasteiger partial charge >= 0.3 is 5.97 Å². The lowest BCUT2D eigenvalue weighted by atomic mass is 10.2. The Labute approximate surface area is 82.6 Å². The quantitative estimate of drug-likeness (QED) is 0.445. The molecule has 0 bridgehead atoms. The summed E-state index contributed by atoms with van der Waals surface area (Å²) in [4.78, 5) is 11.3. The molecule has 1 rings (SSSR count). The number of benzene rings is 1. The van der Waals surface area contributed by atoms with Crippen molar-refractivity contribution >= 4 is 24.7 Å². The van der Waals surface area contributed by atoms with Crippen LogP contribution in [-0.4, -0.2) is 5.97 Å². The molecule has 0 amide bonds. The Morgan fingerprint density at radius 3 is 2.54 bits per heavy atom. The maximum Gasteiger partial charge on any atom is 0.307 e. The number of ether oxygens (including phenoxy) is 1. The first kappa shape index (κ1) is 9.86. The second kappa shape index (κ2) is 4.72. The van der Waals surface area contributed by atoms with E-state index in [0.717, 1.165) is 10.5 Å². The highest BCUT2D eigenvalue weighted by Gasteiger charge is 1.88. The standard InChI is InChI=1S/C10H10O2S/c1-8(11)12-7-6-9-2-4-10(13)5-3-9/h2-7,13H,1H3. The lowest BCUT2D eigenvalue weighted by Crippen LogP contribution is -1.88. The fourth-order valence-corrected chi connectivity index (χ4v) is 0.943. The Hall–Kier alpha value is -1.22. The van der Waals surface area contributed by atoms with Crippen molar-refractivity contribution in [2.75, 3.05) is 0 Å². The van der Waals surface area contributed by atoms with E-state index < -0.39 is 0 Å². The van der Waals surface area contributed by atoms with Crippen molar-refractivity contribution in [1.29, 1.82) is 0 Å². The zero-order valence-corrected chi connectivity index (χ0v) is 8.12. The molecule has 13 heavy (non-hydrogen) atoms. The van der Waals surface area contributed by atoms with E-state index in [9.17, 15) is 4.79 Å². The van der Waals surface area contributed by atoms with Crippen LogP contribution in [0.5, 0.6) is 0 Å². The molecule has 0 spiro atoms. The Bertz CT molecular complexity index is 314. The maximum absolute atomic E-state index is 10.4. The highest BCUT2D eigenvalue weighted by molar-refractivity contribution is 7.80. The van der Waals surface area contributed by atoms with Crippen LogP contribution in [0.1, 0.15) is 12.5 Å². The van der Waals surface area contributed by atoms with E-state index in [1.807, 2.05) is 24.3 Å². The molecule has 2 nitrogen and oxygen atoms in total. The van der Waals surface area contributed by atoms with E-state index in [0.29, 0.717) is 0 Å². The predicted molar refractivity (Wildman–Crippen MR) is 54.5 cm³/mol. The van der Waals surface area contributed by atoms with Crippen molar-refractivity contribution in [2.45, 2.75) is 11.8 Å². The molecule has 1 aromatic rings. The van der Waals surface area contributed by atoms with Crippen molar-refractivity contribution in [2.24, 2.45) is 0 Å². The van der Waals surface area contributed by atoms with Gasteiger partial charge in [-0.25, -0.2) is 0 Å². The molecule has 0 heterocycles. The summed E-state index contributed by atoms with van der Waals surface area (Å²) in [7, 11) is 0. The average Bonchev–Trinajstić information content (AvgIpc) is 2.08. The second-order valence-corrected chi connectivity index (χ2v) is 3.02. The SMILES string of the molecule is CC(=O)OC=Cc1ccc(S)cc1. The third-order valence-electron chi connectivity index (χ3n) is 1.39. The summed E-state index contributed by atoms with van der Waals surface area (Å²) in [5.74, 6) is -0.318. The normalized spacial score (nSPS) is 10.3. The molecule has 0 aliphatic carbocycles. The number of thiol groups is 1. The minimum Gasteiger partial charge on any atom is -0.435 e. The molecule has 0 N–H and O–H groups in total. The zero-order chi connectivity index (χ0) is 9.68. The van der Waals surface area contributed by atoms with Crippen LogP contribution in [0.4, 0.5) is 0 Å². The number of hydrogen-bond donors (Lipinski definition) is 1. The van der Waals surface area contributed by atoms with Gasteiger partial charge in [0, 0.05) is 11.8 Å². The van der Waals surface area contributed by atoms with Crippen LogP contribution in [-0.2, 0) is 9.53 Å². The van der Waals surface area contributed by atoms with E-state index >= 15 is 0 Å². The summed E-state index contributed by atoms with van der Waals surface area (Å²) >= 11 is 4.15. The molecule has 0 atom stereocenters. The molecule has 1 aromatic carbocycles. The molecule has 0 aromatic heterocycles.